The molecule has 76 valence electrons. The Balaban J connectivity index is 2.49. The van der Waals surface area contributed by atoms with E-state index in [1.165, 1.54) is 0 Å². The minimum absolute atomic E-state index is 0.675. The zero-order valence-corrected chi connectivity index (χ0v) is 9.05. The molecule has 4 N–H and O–H groups in total. The van der Waals surface area contributed by atoms with E-state index in [1.54, 1.807) is 6.07 Å². The van der Waals surface area contributed by atoms with Crippen LogP contribution in [0.1, 0.15) is 12.0 Å². The summed E-state index contributed by atoms with van der Waals surface area (Å²) in [5, 5.41) is 0. The lowest BCUT2D eigenvalue weighted by molar-refractivity contribution is 1.49. The molecule has 1 aromatic rings. The average Bonchev–Trinajstić information content (AvgIpc) is 2.20. The van der Waals surface area contributed by atoms with E-state index in [4.69, 9.17) is 23.7 Å². The predicted molar refractivity (Wildman–Crippen MR) is 69.6 cm³/mol. The maximum atomic E-state index is 5.91. The van der Waals surface area contributed by atoms with E-state index in [2.05, 4.69) is 0 Å². The van der Waals surface area contributed by atoms with Crippen molar-refractivity contribution < 1.29 is 0 Å². The second kappa shape index (κ2) is 3.87. The fourth-order valence-electron chi connectivity index (χ4n) is 1.61. The van der Waals surface area contributed by atoms with Crippen molar-refractivity contribution in [3.8, 4) is 0 Å². The third-order valence-corrected chi connectivity index (χ3v) is 2.76. The van der Waals surface area contributed by atoms with E-state index in [0.29, 0.717) is 11.4 Å². The number of nitrogen functional groups attached to an aromatic ring is 2. The lowest BCUT2D eigenvalue weighted by Gasteiger charge is -2.13. The highest BCUT2D eigenvalue weighted by atomic mass is 32.1. The van der Waals surface area contributed by atoms with Gasteiger partial charge in [-0.1, -0.05) is 36.5 Å². The third kappa shape index (κ3) is 1.92. The van der Waals surface area contributed by atoms with Gasteiger partial charge in [-0.2, -0.15) is 0 Å². The summed E-state index contributed by atoms with van der Waals surface area (Å²) >= 11 is 5.30. The number of anilines is 2. The second-order valence-corrected chi connectivity index (χ2v) is 3.98. The molecule has 0 amide bonds. The molecule has 0 radical (unpaired) electrons. The van der Waals surface area contributed by atoms with Gasteiger partial charge in [-0.3, -0.25) is 0 Å². The van der Waals surface area contributed by atoms with Gasteiger partial charge in [-0.15, -0.1) is 0 Å². The van der Waals surface area contributed by atoms with Crippen LogP contribution in [0, 0.1) is 0 Å². The Bertz CT molecular complexity index is 473. The van der Waals surface area contributed by atoms with E-state index in [0.717, 1.165) is 22.4 Å². The topological polar surface area (TPSA) is 52.0 Å². The van der Waals surface area contributed by atoms with Crippen molar-refractivity contribution in [2.45, 2.75) is 6.42 Å². The summed E-state index contributed by atoms with van der Waals surface area (Å²) in [6.45, 7) is 0. The quantitative estimate of drug-likeness (QED) is 0.560. The van der Waals surface area contributed by atoms with Gasteiger partial charge in [0.2, 0.25) is 0 Å². The van der Waals surface area contributed by atoms with Crippen LogP contribution in [-0.4, -0.2) is 4.86 Å². The van der Waals surface area contributed by atoms with Gasteiger partial charge in [0.15, 0.2) is 0 Å². The van der Waals surface area contributed by atoms with Crippen molar-refractivity contribution in [1.82, 2.24) is 0 Å². The molecule has 0 unspecified atom stereocenters. The number of benzene rings is 1. The molecule has 0 saturated heterocycles. The highest BCUT2D eigenvalue weighted by Gasteiger charge is 2.11. The van der Waals surface area contributed by atoms with Crippen molar-refractivity contribution in [2.75, 3.05) is 11.5 Å². The Morgan fingerprint density at radius 1 is 1.20 bits per heavy atom. The first-order valence-electron chi connectivity index (χ1n) is 4.74. The Kier molecular flexibility index (Phi) is 2.56. The summed E-state index contributed by atoms with van der Waals surface area (Å²) in [7, 11) is 0. The third-order valence-electron chi connectivity index (χ3n) is 2.37. The molecular weight excluding hydrogens is 204 g/mol. The molecular formula is C12H12N2S. The van der Waals surface area contributed by atoms with Gasteiger partial charge >= 0.3 is 0 Å². The largest absolute Gasteiger partial charge is 0.399 e. The first kappa shape index (κ1) is 9.93. The fraction of sp³-hybridized carbons (Fsp3) is 0.0833. The molecule has 0 aromatic heterocycles. The van der Waals surface area contributed by atoms with Crippen LogP contribution in [0.5, 0.6) is 0 Å². The molecule has 1 aliphatic rings. The predicted octanol–water partition coefficient (Wildman–Crippen LogP) is 2.56. The monoisotopic (exact) mass is 216 g/mol. The Morgan fingerprint density at radius 2 is 2.00 bits per heavy atom. The van der Waals surface area contributed by atoms with Crippen LogP contribution in [0.2, 0.25) is 0 Å². The lowest BCUT2D eigenvalue weighted by Crippen LogP contribution is -2.04. The van der Waals surface area contributed by atoms with Gasteiger partial charge in [0.1, 0.15) is 0 Å². The molecule has 0 atom stereocenters. The number of hydrogen-bond donors (Lipinski definition) is 2. The molecule has 0 bridgehead atoms. The molecule has 3 heteroatoms. The molecule has 0 fully saturated rings. The molecule has 0 heterocycles. The molecule has 0 saturated carbocycles. The fourth-order valence-corrected chi connectivity index (χ4v) is 1.88. The molecule has 0 aliphatic heterocycles. The Morgan fingerprint density at radius 3 is 2.67 bits per heavy atom. The number of thiocarbonyl (C=S) groups is 1. The van der Waals surface area contributed by atoms with Crippen molar-refractivity contribution in [2.24, 2.45) is 0 Å². The van der Waals surface area contributed by atoms with Gasteiger partial charge < -0.3 is 11.5 Å². The summed E-state index contributed by atoms with van der Waals surface area (Å²) in [5.74, 6) is 0. The van der Waals surface area contributed by atoms with Gasteiger partial charge in [-0.25, -0.2) is 0 Å². The molecule has 15 heavy (non-hydrogen) atoms. The highest BCUT2D eigenvalue weighted by molar-refractivity contribution is 7.81. The Hall–Kier alpha value is -1.61. The van der Waals surface area contributed by atoms with E-state index in [9.17, 15) is 0 Å². The van der Waals surface area contributed by atoms with Gasteiger partial charge in [-0.05, 0) is 17.7 Å². The van der Waals surface area contributed by atoms with Crippen molar-refractivity contribution in [3.05, 3.63) is 42.0 Å². The normalized spacial score (nSPS) is 15.2. The van der Waals surface area contributed by atoms with Crippen LogP contribution < -0.4 is 11.5 Å². The standard InChI is InChI=1S/C12H12N2S/c13-8-5-6-9(11(14)7-8)10-3-1-2-4-12(10)15/h1-3,5-7H,4,13-14H2. The van der Waals surface area contributed by atoms with E-state index in [1.807, 2.05) is 30.4 Å². The summed E-state index contributed by atoms with van der Waals surface area (Å²) in [5.41, 5.74) is 14.9. The molecule has 2 rings (SSSR count). The number of nitrogens with two attached hydrogens (primary N) is 2. The van der Waals surface area contributed by atoms with Crippen LogP contribution >= 0.6 is 12.2 Å². The zero-order valence-electron chi connectivity index (χ0n) is 8.23. The minimum atomic E-state index is 0.675. The van der Waals surface area contributed by atoms with Gasteiger partial charge in [0, 0.05) is 28.2 Å². The molecule has 1 aromatic carbocycles. The number of hydrogen-bond acceptors (Lipinski definition) is 3. The van der Waals surface area contributed by atoms with E-state index in [-0.39, 0.29) is 0 Å². The van der Waals surface area contributed by atoms with Crippen LogP contribution in [0.15, 0.2) is 36.4 Å². The number of rotatable bonds is 1. The first-order chi connectivity index (χ1) is 7.18. The number of allylic oxidation sites excluding steroid dienone is 4. The van der Waals surface area contributed by atoms with Crippen LogP contribution in [0.4, 0.5) is 11.4 Å². The van der Waals surface area contributed by atoms with Crippen LogP contribution in [0.3, 0.4) is 0 Å². The van der Waals surface area contributed by atoms with Crippen molar-refractivity contribution >= 4 is 34.0 Å². The Labute approximate surface area is 94.3 Å². The van der Waals surface area contributed by atoms with Crippen LogP contribution in [0.25, 0.3) is 5.57 Å². The average molecular weight is 216 g/mol. The zero-order chi connectivity index (χ0) is 10.8. The van der Waals surface area contributed by atoms with E-state index >= 15 is 0 Å². The summed E-state index contributed by atoms with van der Waals surface area (Å²) in [6, 6.07) is 5.52. The second-order valence-electron chi connectivity index (χ2n) is 3.48. The van der Waals surface area contributed by atoms with Crippen LogP contribution in [-0.2, 0) is 0 Å². The molecule has 2 nitrogen and oxygen atoms in total. The summed E-state index contributed by atoms with van der Waals surface area (Å²) < 4.78 is 0. The highest BCUT2D eigenvalue weighted by Crippen LogP contribution is 2.27. The minimum Gasteiger partial charge on any atom is -0.399 e. The lowest BCUT2D eigenvalue weighted by atomic mass is 9.95. The summed E-state index contributed by atoms with van der Waals surface area (Å²) in [6.07, 6.45) is 6.85. The molecule has 1 aliphatic carbocycles. The van der Waals surface area contributed by atoms with E-state index < -0.39 is 0 Å². The SMILES string of the molecule is Nc1ccc(C2=CC=CCC2=S)c(N)c1. The van der Waals surface area contributed by atoms with Gasteiger partial charge in [0.25, 0.3) is 0 Å². The van der Waals surface area contributed by atoms with Crippen molar-refractivity contribution in [1.29, 1.82) is 0 Å². The summed E-state index contributed by atoms with van der Waals surface area (Å²) in [4.78, 5) is 0.925. The maximum absolute atomic E-state index is 5.91. The molecule has 0 spiro atoms. The maximum Gasteiger partial charge on any atom is 0.0414 e. The van der Waals surface area contributed by atoms with Gasteiger partial charge in [0.05, 0.1) is 0 Å². The smallest absolute Gasteiger partial charge is 0.0414 e. The first-order valence-corrected chi connectivity index (χ1v) is 5.14. The van der Waals surface area contributed by atoms with Crippen molar-refractivity contribution in [3.63, 3.8) is 0 Å².